The fraction of sp³-hybridized carbons (Fsp3) is 0.375. The van der Waals surface area contributed by atoms with Crippen LogP contribution in [0.15, 0.2) is 80.3 Å². The third-order valence-electron chi connectivity index (χ3n) is 8.35. The molecular weight excluding hydrogens is 494 g/mol. The lowest BCUT2D eigenvalue weighted by Gasteiger charge is -2.36. The molecule has 0 saturated heterocycles. The summed E-state index contributed by atoms with van der Waals surface area (Å²) in [4.78, 5) is 46.3. The molecule has 3 atom stereocenters. The Balaban J connectivity index is 1.47. The summed E-state index contributed by atoms with van der Waals surface area (Å²) in [5.41, 5.74) is 3.01. The molecule has 3 aromatic rings. The summed E-state index contributed by atoms with van der Waals surface area (Å²) in [5.74, 6) is -1.66. The Labute approximate surface area is 226 Å². The van der Waals surface area contributed by atoms with Crippen molar-refractivity contribution in [2.75, 3.05) is 7.11 Å². The maximum absolute atomic E-state index is 13.9. The molecule has 39 heavy (non-hydrogen) atoms. The zero-order valence-corrected chi connectivity index (χ0v) is 22.1. The van der Waals surface area contributed by atoms with E-state index in [0.29, 0.717) is 34.4 Å². The van der Waals surface area contributed by atoms with Crippen molar-refractivity contribution >= 4 is 28.4 Å². The van der Waals surface area contributed by atoms with Crippen LogP contribution >= 0.6 is 0 Å². The quantitative estimate of drug-likeness (QED) is 0.387. The topological polar surface area (TPSA) is 95.2 Å². The highest BCUT2D eigenvalue weighted by molar-refractivity contribution is 6.09. The van der Waals surface area contributed by atoms with Crippen LogP contribution < -0.4 is 10.2 Å². The highest BCUT2D eigenvalue weighted by Crippen LogP contribution is 2.47. The van der Waals surface area contributed by atoms with Gasteiger partial charge < -0.3 is 13.9 Å². The maximum atomic E-state index is 13.9. The maximum Gasteiger partial charge on any atom is 0.315 e. The van der Waals surface area contributed by atoms with Crippen LogP contribution in [-0.2, 0) is 14.3 Å². The van der Waals surface area contributed by atoms with Crippen LogP contribution in [0.3, 0.4) is 0 Å². The Morgan fingerprint density at radius 2 is 1.72 bits per heavy atom. The summed E-state index contributed by atoms with van der Waals surface area (Å²) >= 11 is 0. The van der Waals surface area contributed by atoms with Gasteiger partial charge in [-0.15, -0.1) is 0 Å². The van der Waals surface area contributed by atoms with Crippen LogP contribution in [0.1, 0.15) is 68.4 Å². The first kappa shape index (κ1) is 25.3. The molecule has 0 amide bonds. The van der Waals surface area contributed by atoms with Crippen LogP contribution in [0.5, 0.6) is 5.75 Å². The van der Waals surface area contributed by atoms with E-state index in [0.717, 1.165) is 37.0 Å². The lowest BCUT2D eigenvalue weighted by molar-refractivity contribution is -0.151. The van der Waals surface area contributed by atoms with Crippen molar-refractivity contribution in [3.8, 4) is 5.75 Å². The second kappa shape index (κ2) is 10.3. The van der Waals surface area contributed by atoms with E-state index >= 15 is 0 Å². The van der Waals surface area contributed by atoms with Crippen molar-refractivity contribution in [1.82, 2.24) is 0 Å². The van der Waals surface area contributed by atoms with E-state index in [1.54, 1.807) is 38.3 Å². The minimum absolute atomic E-state index is 0.125. The zero-order chi connectivity index (χ0) is 27.1. The number of rotatable bonds is 5. The van der Waals surface area contributed by atoms with Crippen molar-refractivity contribution in [3.05, 3.63) is 87.4 Å². The molecule has 3 aliphatic rings. The van der Waals surface area contributed by atoms with Gasteiger partial charge in [-0.05, 0) is 62.8 Å². The van der Waals surface area contributed by atoms with Gasteiger partial charge in [-0.2, -0.15) is 0 Å². The molecule has 200 valence electrons. The first-order valence-electron chi connectivity index (χ1n) is 13.6. The molecule has 7 heteroatoms. The van der Waals surface area contributed by atoms with Gasteiger partial charge in [0.05, 0.1) is 18.8 Å². The summed E-state index contributed by atoms with van der Waals surface area (Å²) in [6, 6.07) is 14.7. The largest absolute Gasteiger partial charge is 0.496 e. The van der Waals surface area contributed by atoms with E-state index in [2.05, 4.69) is 0 Å². The highest BCUT2D eigenvalue weighted by atomic mass is 16.5. The summed E-state index contributed by atoms with van der Waals surface area (Å²) in [7, 11) is 1.62. The molecule has 1 aromatic heterocycles. The number of fused-ring (bicyclic) bond motifs is 1. The summed E-state index contributed by atoms with van der Waals surface area (Å²) in [6.45, 7) is 1.79. The van der Waals surface area contributed by atoms with E-state index in [-0.39, 0.29) is 35.2 Å². The molecule has 3 unspecified atom stereocenters. The standard InChI is InChI=1S/C32H31NO6/c1-18-28(32(36)39-20-9-3-4-10-20)29(23-17-38-27-14-8-6-12-22(27)31(23)35)30-24(33-18)15-19(16-25(30)34)21-11-5-7-13-26(21)37-2/h5-8,11-14,17,19-20,28-29H,3-4,9-10,15-16H2,1-2H3. The summed E-state index contributed by atoms with van der Waals surface area (Å²) in [5, 5.41) is 0.412. The van der Waals surface area contributed by atoms with Crippen LogP contribution in [0.4, 0.5) is 0 Å². The van der Waals surface area contributed by atoms with E-state index in [9.17, 15) is 14.4 Å². The van der Waals surface area contributed by atoms with Gasteiger partial charge in [0.1, 0.15) is 23.4 Å². The van der Waals surface area contributed by atoms with E-state index in [1.807, 2.05) is 24.3 Å². The van der Waals surface area contributed by atoms with Crippen molar-refractivity contribution in [2.45, 2.75) is 63.4 Å². The third-order valence-corrected chi connectivity index (χ3v) is 8.35. The molecule has 2 aromatic carbocycles. The Hall–Kier alpha value is -4.00. The number of hydrogen-bond donors (Lipinski definition) is 0. The summed E-state index contributed by atoms with van der Waals surface area (Å²) < 4.78 is 17.4. The van der Waals surface area contributed by atoms with E-state index in [4.69, 9.17) is 18.9 Å². The molecule has 1 aliphatic heterocycles. The van der Waals surface area contributed by atoms with Crippen molar-refractivity contribution in [1.29, 1.82) is 0 Å². The molecule has 0 radical (unpaired) electrons. The number of aliphatic imine (C=N–C) groups is 1. The molecule has 2 aliphatic carbocycles. The molecule has 0 spiro atoms. The molecule has 0 bridgehead atoms. The molecule has 1 saturated carbocycles. The monoisotopic (exact) mass is 525 g/mol. The number of esters is 1. The van der Waals surface area contributed by atoms with Gasteiger partial charge in [0.25, 0.3) is 0 Å². The number of ether oxygens (including phenoxy) is 2. The Kier molecular flexibility index (Phi) is 6.67. The van der Waals surface area contributed by atoms with Gasteiger partial charge in [-0.3, -0.25) is 19.4 Å². The lowest BCUT2D eigenvalue weighted by Crippen LogP contribution is -2.40. The first-order chi connectivity index (χ1) is 19.0. The number of hydrogen-bond acceptors (Lipinski definition) is 7. The smallest absolute Gasteiger partial charge is 0.315 e. The van der Waals surface area contributed by atoms with Gasteiger partial charge in [0.2, 0.25) is 0 Å². The summed E-state index contributed by atoms with van der Waals surface area (Å²) in [6.07, 6.45) is 5.68. The van der Waals surface area contributed by atoms with Crippen LogP contribution in [-0.4, -0.2) is 30.7 Å². The average Bonchev–Trinajstić information content (AvgIpc) is 3.45. The van der Waals surface area contributed by atoms with Crippen LogP contribution in [0.25, 0.3) is 11.0 Å². The van der Waals surface area contributed by atoms with Crippen molar-refractivity contribution < 1.29 is 23.5 Å². The lowest BCUT2D eigenvalue weighted by atomic mass is 9.69. The molecule has 7 nitrogen and oxygen atoms in total. The number of carbonyl (C=O) groups excluding carboxylic acids is 2. The fourth-order valence-electron chi connectivity index (χ4n) is 6.48. The highest BCUT2D eigenvalue weighted by Gasteiger charge is 2.46. The second-order valence-corrected chi connectivity index (χ2v) is 10.7. The predicted molar refractivity (Wildman–Crippen MR) is 147 cm³/mol. The van der Waals surface area contributed by atoms with Gasteiger partial charge in [-0.25, -0.2) is 0 Å². The predicted octanol–water partition coefficient (Wildman–Crippen LogP) is 5.86. The van der Waals surface area contributed by atoms with E-state index < -0.39 is 17.8 Å². The van der Waals surface area contributed by atoms with Gasteiger partial charge in [0, 0.05) is 40.8 Å². The minimum Gasteiger partial charge on any atom is -0.496 e. The second-order valence-electron chi connectivity index (χ2n) is 10.7. The number of para-hydroxylation sites is 2. The number of carbonyl (C=O) groups is 2. The molecular formula is C32H31NO6. The molecule has 1 fully saturated rings. The number of ketones is 1. The SMILES string of the molecule is COc1ccccc1C1CC(=O)C2=C(C1)N=C(C)C(C(=O)OC1CCCC1)C2c1coc2ccccc2c1=O. The number of Topliss-reactive ketones (excluding diaryl/α,β-unsaturated/α-hetero) is 1. The first-order valence-corrected chi connectivity index (χ1v) is 13.6. The van der Waals surface area contributed by atoms with Crippen LogP contribution in [0.2, 0.25) is 0 Å². The Bertz CT molecular complexity index is 1570. The minimum atomic E-state index is -0.875. The number of benzene rings is 2. The van der Waals surface area contributed by atoms with Gasteiger partial charge in [-0.1, -0.05) is 30.3 Å². The number of methoxy groups -OCH3 is 1. The normalized spacial score (nSPS) is 23.5. The van der Waals surface area contributed by atoms with Crippen molar-refractivity contribution in [2.24, 2.45) is 10.9 Å². The Morgan fingerprint density at radius 1 is 0.974 bits per heavy atom. The van der Waals surface area contributed by atoms with Gasteiger partial charge in [0.15, 0.2) is 11.2 Å². The molecule has 0 N–H and O–H groups in total. The van der Waals surface area contributed by atoms with Crippen molar-refractivity contribution in [3.63, 3.8) is 0 Å². The van der Waals surface area contributed by atoms with Crippen LogP contribution in [0, 0.1) is 5.92 Å². The average molecular weight is 526 g/mol. The number of nitrogens with zero attached hydrogens (tertiary/aromatic N) is 1. The fourth-order valence-corrected chi connectivity index (χ4v) is 6.48. The third kappa shape index (κ3) is 4.50. The molecule has 6 rings (SSSR count). The van der Waals surface area contributed by atoms with Gasteiger partial charge >= 0.3 is 5.97 Å². The number of allylic oxidation sites excluding steroid dienone is 2. The Morgan fingerprint density at radius 3 is 2.51 bits per heavy atom. The molecule has 2 heterocycles. The zero-order valence-electron chi connectivity index (χ0n) is 22.1. The van der Waals surface area contributed by atoms with E-state index in [1.165, 1.54) is 6.26 Å².